The first-order chi connectivity index (χ1) is 16.1. The number of hydrogen-bond donors (Lipinski definition) is 1. The molecule has 1 fully saturated rings. The van der Waals surface area contributed by atoms with Gasteiger partial charge in [-0.15, -0.1) is 0 Å². The Morgan fingerprint density at radius 3 is 2.47 bits per heavy atom. The Labute approximate surface area is 200 Å². The lowest BCUT2D eigenvalue weighted by atomic mass is 9.99. The zero-order valence-corrected chi connectivity index (χ0v) is 20.4. The Kier molecular flexibility index (Phi) is 6.51. The van der Waals surface area contributed by atoms with Crippen LogP contribution in [0.15, 0.2) is 60.7 Å². The highest BCUT2D eigenvalue weighted by atomic mass is 16.6. The smallest absolute Gasteiger partial charge is 0.410 e. The van der Waals surface area contributed by atoms with E-state index in [1.165, 1.54) is 0 Å². The van der Waals surface area contributed by atoms with E-state index in [9.17, 15) is 9.59 Å². The minimum Gasteiger partial charge on any atom is -0.487 e. The predicted octanol–water partition coefficient (Wildman–Crippen LogP) is 5.64. The second kappa shape index (κ2) is 9.37. The molecule has 0 aromatic heterocycles. The Balaban J connectivity index is 1.40. The average Bonchev–Trinajstić information content (AvgIpc) is 2.75. The number of nitrogens with one attached hydrogen (secondary N) is 1. The fraction of sp³-hybridized carbons (Fsp3) is 0.357. The predicted molar refractivity (Wildman–Crippen MR) is 133 cm³/mol. The molecular weight excluding hydrogens is 428 g/mol. The molecule has 0 bridgehead atoms. The SMILES string of the molecule is Cc1ccc(OC2CN(C(=O)OC(C)(C)C)C2)cc1C(=O)NC(C)c1cccc2ccccc12. The molecule has 1 aliphatic heterocycles. The molecule has 3 aromatic carbocycles. The van der Waals surface area contributed by atoms with Crippen LogP contribution in [-0.2, 0) is 4.74 Å². The number of carbonyl (C=O) groups excluding carboxylic acids is 2. The molecule has 1 heterocycles. The number of ether oxygens (including phenoxy) is 2. The van der Waals surface area contributed by atoms with E-state index in [1.54, 1.807) is 11.0 Å². The molecule has 34 heavy (non-hydrogen) atoms. The fourth-order valence-corrected chi connectivity index (χ4v) is 4.08. The van der Waals surface area contributed by atoms with Gasteiger partial charge in [-0.2, -0.15) is 0 Å². The van der Waals surface area contributed by atoms with Crippen molar-refractivity contribution in [2.24, 2.45) is 0 Å². The van der Waals surface area contributed by atoms with E-state index in [1.807, 2.05) is 71.0 Å². The lowest BCUT2D eigenvalue weighted by Crippen LogP contribution is -2.57. The summed E-state index contributed by atoms with van der Waals surface area (Å²) in [5.41, 5.74) is 2.01. The molecule has 0 spiro atoms. The number of carbonyl (C=O) groups is 2. The van der Waals surface area contributed by atoms with Gasteiger partial charge in [0.15, 0.2) is 0 Å². The van der Waals surface area contributed by atoms with E-state index in [2.05, 4.69) is 23.5 Å². The Hall–Kier alpha value is -3.54. The van der Waals surface area contributed by atoms with E-state index < -0.39 is 5.60 Å². The zero-order chi connectivity index (χ0) is 24.5. The molecule has 1 atom stereocenters. The zero-order valence-electron chi connectivity index (χ0n) is 20.4. The highest BCUT2D eigenvalue weighted by Gasteiger charge is 2.35. The fourth-order valence-electron chi connectivity index (χ4n) is 4.08. The number of amides is 2. The van der Waals surface area contributed by atoms with Crippen LogP contribution in [0.25, 0.3) is 10.8 Å². The van der Waals surface area contributed by atoms with Gasteiger partial charge in [-0.1, -0.05) is 48.5 Å². The summed E-state index contributed by atoms with van der Waals surface area (Å²) in [4.78, 5) is 26.9. The Bertz CT molecular complexity index is 1200. The second-order valence-corrected chi connectivity index (χ2v) is 9.87. The molecule has 1 saturated heterocycles. The molecule has 3 aromatic rings. The van der Waals surface area contributed by atoms with Crippen molar-refractivity contribution in [3.8, 4) is 5.75 Å². The van der Waals surface area contributed by atoms with Crippen molar-refractivity contribution in [1.29, 1.82) is 0 Å². The third-order valence-electron chi connectivity index (χ3n) is 5.89. The summed E-state index contributed by atoms with van der Waals surface area (Å²) in [5.74, 6) is 0.467. The van der Waals surface area contributed by atoms with Crippen LogP contribution in [-0.4, -0.2) is 41.7 Å². The van der Waals surface area contributed by atoms with E-state index in [4.69, 9.17) is 9.47 Å². The van der Waals surface area contributed by atoms with Gasteiger partial charge in [0.2, 0.25) is 0 Å². The van der Waals surface area contributed by atoms with Crippen LogP contribution in [0.3, 0.4) is 0 Å². The minimum atomic E-state index is -0.522. The number of likely N-dealkylation sites (tertiary alicyclic amines) is 1. The number of nitrogens with zero attached hydrogens (tertiary/aromatic N) is 1. The monoisotopic (exact) mass is 460 g/mol. The maximum Gasteiger partial charge on any atom is 0.410 e. The summed E-state index contributed by atoms with van der Waals surface area (Å²) in [6, 6.07) is 19.7. The Morgan fingerprint density at radius 1 is 1.03 bits per heavy atom. The van der Waals surface area contributed by atoms with Crippen LogP contribution < -0.4 is 10.1 Å². The van der Waals surface area contributed by atoms with Crippen LogP contribution in [0.1, 0.15) is 55.2 Å². The first kappa shape index (κ1) is 23.6. The summed E-state index contributed by atoms with van der Waals surface area (Å²) in [5, 5.41) is 5.41. The molecule has 178 valence electrons. The van der Waals surface area contributed by atoms with Crippen LogP contribution in [0, 0.1) is 6.92 Å². The van der Waals surface area contributed by atoms with Crippen LogP contribution in [0.5, 0.6) is 5.75 Å². The van der Waals surface area contributed by atoms with Crippen molar-refractivity contribution in [3.63, 3.8) is 0 Å². The van der Waals surface area contributed by atoms with Gasteiger partial charge < -0.3 is 19.7 Å². The standard InChI is InChI=1S/C28H32N2O4/c1-18-13-14-21(33-22-16-30(17-22)27(32)34-28(3,4)5)15-25(18)26(31)29-19(2)23-12-8-10-20-9-6-7-11-24(20)23/h6-15,19,22H,16-17H2,1-5H3,(H,29,31). The number of aryl methyl sites for hydroxylation is 1. The maximum absolute atomic E-state index is 13.1. The molecule has 1 N–H and O–H groups in total. The number of benzene rings is 3. The summed E-state index contributed by atoms with van der Waals surface area (Å²) >= 11 is 0. The van der Waals surface area contributed by atoms with Crippen molar-refractivity contribution in [1.82, 2.24) is 10.2 Å². The van der Waals surface area contributed by atoms with Crippen LogP contribution >= 0.6 is 0 Å². The van der Waals surface area contributed by atoms with E-state index in [0.717, 1.165) is 21.9 Å². The van der Waals surface area contributed by atoms with Gasteiger partial charge >= 0.3 is 6.09 Å². The van der Waals surface area contributed by atoms with Gasteiger partial charge in [0.25, 0.3) is 5.91 Å². The molecule has 1 aliphatic rings. The molecular formula is C28H32N2O4. The first-order valence-corrected chi connectivity index (χ1v) is 11.6. The molecule has 2 amide bonds. The molecule has 0 aliphatic carbocycles. The van der Waals surface area contributed by atoms with Crippen molar-refractivity contribution >= 4 is 22.8 Å². The molecule has 1 unspecified atom stereocenters. The van der Waals surface area contributed by atoms with Gasteiger partial charge in [0.1, 0.15) is 17.5 Å². The van der Waals surface area contributed by atoms with Gasteiger partial charge in [0.05, 0.1) is 19.1 Å². The number of hydrogen-bond acceptors (Lipinski definition) is 4. The third kappa shape index (κ3) is 5.33. The minimum absolute atomic E-state index is 0.124. The normalized spacial score (nSPS) is 14.9. The van der Waals surface area contributed by atoms with Gasteiger partial charge in [-0.05, 0) is 68.7 Å². The molecule has 4 rings (SSSR count). The number of rotatable bonds is 5. The molecule has 6 nitrogen and oxygen atoms in total. The second-order valence-electron chi connectivity index (χ2n) is 9.87. The Morgan fingerprint density at radius 2 is 1.74 bits per heavy atom. The molecule has 6 heteroatoms. The average molecular weight is 461 g/mol. The van der Waals surface area contributed by atoms with Gasteiger partial charge in [-0.25, -0.2) is 4.79 Å². The quantitative estimate of drug-likeness (QED) is 0.535. The van der Waals surface area contributed by atoms with Crippen LogP contribution in [0.2, 0.25) is 0 Å². The van der Waals surface area contributed by atoms with Crippen LogP contribution in [0.4, 0.5) is 4.79 Å². The maximum atomic E-state index is 13.1. The summed E-state index contributed by atoms with van der Waals surface area (Å²) in [6.45, 7) is 10.4. The molecule has 0 radical (unpaired) electrons. The van der Waals surface area contributed by atoms with Gasteiger partial charge in [-0.3, -0.25) is 4.79 Å². The lowest BCUT2D eigenvalue weighted by Gasteiger charge is -2.39. The van der Waals surface area contributed by atoms with E-state index in [0.29, 0.717) is 24.4 Å². The summed E-state index contributed by atoms with van der Waals surface area (Å²) < 4.78 is 11.4. The topological polar surface area (TPSA) is 67.9 Å². The first-order valence-electron chi connectivity index (χ1n) is 11.6. The van der Waals surface area contributed by atoms with Crippen molar-refractivity contribution < 1.29 is 19.1 Å². The van der Waals surface area contributed by atoms with E-state index in [-0.39, 0.29) is 24.1 Å². The third-order valence-corrected chi connectivity index (χ3v) is 5.89. The number of fused-ring (bicyclic) bond motifs is 1. The van der Waals surface area contributed by atoms with Crippen molar-refractivity contribution in [3.05, 3.63) is 77.4 Å². The highest BCUT2D eigenvalue weighted by Crippen LogP contribution is 2.26. The summed E-state index contributed by atoms with van der Waals surface area (Å²) in [6.07, 6.45) is -0.459. The van der Waals surface area contributed by atoms with Crippen molar-refractivity contribution in [2.75, 3.05) is 13.1 Å². The molecule has 0 saturated carbocycles. The largest absolute Gasteiger partial charge is 0.487 e. The summed E-state index contributed by atoms with van der Waals surface area (Å²) in [7, 11) is 0. The highest BCUT2D eigenvalue weighted by molar-refractivity contribution is 5.96. The van der Waals surface area contributed by atoms with Gasteiger partial charge in [0, 0.05) is 5.56 Å². The van der Waals surface area contributed by atoms with E-state index >= 15 is 0 Å². The lowest BCUT2D eigenvalue weighted by molar-refractivity contribution is -0.0221. The van der Waals surface area contributed by atoms with Crippen molar-refractivity contribution in [2.45, 2.75) is 52.4 Å².